The Kier molecular flexibility index (Phi) is 32.4. The first-order valence-electron chi connectivity index (χ1n) is 11.9. The first-order valence-corrected chi connectivity index (χ1v) is 20.8. The molecule has 0 aliphatic heterocycles. The van der Waals surface area contributed by atoms with Crippen LogP contribution < -0.4 is 10.5 Å². The number of nitrogens with one attached hydrogen (secondary N) is 1. The van der Waals surface area contributed by atoms with Gasteiger partial charge < -0.3 is 28.7 Å². The zero-order valence-corrected chi connectivity index (χ0v) is 28.9. The van der Waals surface area contributed by atoms with E-state index in [0.717, 1.165) is 0 Å². The van der Waals surface area contributed by atoms with Gasteiger partial charge in [0, 0.05) is 45.1 Å². The summed E-state index contributed by atoms with van der Waals surface area (Å²) in [6.45, 7) is 18.6. The van der Waals surface area contributed by atoms with E-state index in [1.807, 2.05) is 4.72 Å². The molecule has 13 nitrogen and oxygen atoms in total. The molecule has 20 heteroatoms. The van der Waals surface area contributed by atoms with Crippen molar-refractivity contribution in [2.75, 3.05) is 71.5 Å². The third-order valence-electron chi connectivity index (χ3n) is 3.71. The zero-order chi connectivity index (χ0) is 30.9. The molecule has 0 aromatic carbocycles. The molecule has 0 aromatic heterocycles. The number of hydrogen-bond donors (Lipinski definition) is 2. The number of rotatable bonds is 17. The van der Waals surface area contributed by atoms with Gasteiger partial charge in [-0.1, -0.05) is 20.8 Å². The van der Waals surface area contributed by atoms with E-state index in [9.17, 15) is 17.5 Å². The van der Waals surface area contributed by atoms with Crippen LogP contribution in [0.25, 0.3) is 0 Å². The second kappa shape index (κ2) is 26.8. The largest absolute Gasteiger partial charge is 0.331 e. The lowest BCUT2D eigenvalue weighted by molar-refractivity contribution is 0.219. The molecule has 0 aliphatic rings. The molecule has 236 valence electrons. The molecule has 0 radical (unpaired) electrons. The molecule has 0 aromatic rings. The van der Waals surface area contributed by atoms with Gasteiger partial charge in [0.25, 0.3) is 9.24 Å². The number of nitrogens with two attached hydrogens (primary N) is 1. The third-order valence-corrected chi connectivity index (χ3v) is 8.77. The van der Waals surface area contributed by atoms with Gasteiger partial charge in [-0.25, -0.2) is 4.72 Å². The Morgan fingerprint density at radius 2 is 0.974 bits per heavy atom. The SMILES string of the molecule is CCN(CC)CC.CCOP(=O)(CCN)OCC.CCOP(=O)(CCNS(=O)(=O)Cl)OCC.O=S(=O)(Cl)Cl. The van der Waals surface area contributed by atoms with Gasteiger partial charge in [0.05, 0.1) is 38.8 Å². The van der Waals surface area contributed by atoms with Crippen LogP contribution >= 0.6 is 47.2 Å². The molecule has 0 spiro atoms. The van der Waals surface area contributed by atoms with E-state index in [1.165, 1.54) is 19.6 Å². The highest BCUT2D eigenvalue weighted by atomic mass is 36.0. The van der Waals surface area contributed by atoms with Crippen LogP contribution in [-0.4, -0.2) is 93.2 Å². The summed E-state index contributed by atoms with van der Waals surface area (Å²) in [6.07, 6.45) is 0.259. The Labute approximate surface area is 243 Å². The van der Waals surface area contributed by atoms with Gasteiger partial charge in [-0.05, 0) is 47.3 Å². The van der Waals surface area contributed by atoms with Gasteiger partial charge in [-0.3, -0.25) is 9.13 Å². The first-order chi connectivity index (χ1) is 17.4. The minimum absolute atomic E-state index is 0.0410. The average Bonchev–Trinajstić information content (AvgIpc) is 2.74. The van der Waals surface area contributed by atoms with Crippen LogP contribution in [0.3, 0.4) is 0 Å². The molecule has 38 heavy (non-hydrogen) atoms. The summed E-state index contributed by atoms with van der Waals surface area (Å²) < 4.78 is 84.4. The van der Waals surface area contributed by atoms with E-state index < -0.39 is 32.7 Å². The van der Waals surface area contributed by atoms with E-state index in [4.69, 9.17) is 42.9 Å². The van der Waals surface area contributed by atoms with Crippen LogP contribution in [0.1, 0.15) is 48.5 Å². The minimum atomic E-state index is -3.79. The Morgan fingerprint density at radius 1 is 0.684 bits per heavy atom. The Balaban J connectivity index is -0.000000220. The van der Waals surface area contributed by atoms with E-state index in [0.29, 0.717) is 25.9 Å². The highest BCUT2D eigenvalue weighted by Crippen LogP contribution is 2.47. The van der Waals surface area contributed by atoms with Crippen molar-refractivity contribution in [3.63, 3.8) is 0 Å². The van der Waals surface area contributed by atoms with Crippen molar-refractivity contribution in [3.05, 3.63) is 0 Å². The molecule has 0 atom stereocenters. The summed E-state index contributed by atoms with van der Waals surface area (Å²) in [5.74, 6) is 0. The summed E-state index contributed by atoms with van der Waals surface area (Å²) in [4.78, 5) is 2.38. The third kappa shape index (κ3) is 39.1. The summed E-state index contributed by atoms with van der Waals surface area (Å²) in [7, 11) is -0.103. The molecule has 0 rings (SSSR count). The first kappa shape index (κ1) is 45.9. The van der Waals surface area contributed by atoms with Crippen LogP contribution in [0, 0.1) is 0 Å². The Bertz CT molecular complexity index is 805. The molecule has 0 unspecified atom stereocenters. The van der Waals surface area contributed by atoms with Crippen LogP contribution in [0.15, 0.2) is 0 Å². The minimum Gasteiger partial charge on any atom is -0.330 e. The molecule has 0 heterocycles. The highest BCUT2D eigenvalue weighted by molar-refractivity contribution is 8.31. The fraction of sp³-hybridized carbons (Fsp3) is 1.00. The molecule has 0 amide bonds. The molecule has 0 saturated heterocycles. The summed E-state index contributed by atoms with van der Waals surface area (Å²) in [5, 5.41) is 0. The lowest BCUT2D eigenvalue weighted by atomic mass is 10.5. The quantitative estimate of drug-likeness (QED) is 0.160. The van der Waals surface area contributed by atoms with Crippen molar-refractivity contribution in [2.45, 2.75) is 48.5 Å². The molecular formula is C18H46Cl3N3O10P2S2. The van der Waals surface area contributed by atoms with Crippen molar-refractivity contribution < 1.29 is 44.1 Å². The summed E-state index contributed by atoms with van der Waals surface area (Å²) >= 11 is 0. The van der Waals surface area contributed by atoms with Crippen molar-refractivity contribution in [1.29, 1.82) is 0 Å². The zero-order valence-electron chi connectivity index (χ0n) is 23.2. The molecular weight excluding hydrogens is 651 g/mol. The number of nitrogens with zero attached hydrogens (tertiary/aromatic N) is 1. The molecule has 3 N–H and O–H groups in total. The van der Waals surface area contributed by atoms with Crippen molar-refractivity contribution in [3.8, 4) is 0 Å². The maximum Gasteiger partial charge on any atom is 0.331 e. The maximum atomic E-state index is 11.8. The highest BCUT2D eigenvalue weighted by Gasteiger charge is 2.23. The van der Waals surface area contributed by atoms with Gasteiger partial charge in [-0.15, -0.1) is 0 Å². The van der Waals surface area contributed by atoms with Gasteiger partial charge >= 0.3 is 23.5 Å². The maximum absolute atomic E-state index is 11.8. The Hall–Kier alpha value is 0.950. The van der Waals surface area contributed by atoms with Crippen molar-refractivity contribution >= 4 is 64.7 Å². The van der Waals surface area contributed by atoms with Gasteiger partial charge in [0.1, 0.15) is 0 Å². The lowest BCUT2D eigenvalue weighted by Gasteiger charge is -2.16. The number of halogens is 3. The second-order valence-corrected chi connectivity index (χ2v) is 16.9. The second-order valence-electron chi connectivity index (χ2n) is 6.46. The molecule has 0 bridgehead atoms. The summed E-state index contributed by atoms with van der Waals surface area (Å²) in [6, 6.07) is 0. The number of hydrogen-bond acceptors (Lipinski definition) is 12. The predicted octanol–water partition coefficient (Wildman–Crippen LogP) is 4.59. The normalized spacial score (nSPS) is 12.0. The fourth-order valence-corrected chi connectivity index (χ4v) is 5.92. The van der Waals surface area contributed by atoms with E-state index >= 15 is 0 Å². The average molecular weight is 697 g/mol. The van der Waals surface area contributed by atoms with E-state index in [2.05, 4.69) is 47.0 Å². The molecule has 0 fully saturated rings. The lowest BCUT2D eigenvalue weighted by Crippen LogP contribution is -2.22. The molecule has 0 aliphatic carbocycles. The van der Waals surface area contributed by atoms with Gasteiger partial charge in [-0.2, -0.15) is 16.8 Å². The van der Waals surface area contributed by atoms with Crippen molar-refractivity contribution in [2.24, 2.45) is 5.73 Å². The smallest absolute Gasteiger partial charge is 0.330 e. The summed E-state index contributed by atoms with van der Waals surface area (Å²) in [5.41, 5.74) is 5.24. The van der Waals surface area contributed by atoms with Crippen molar-refractivity contribution in [1.82, 2.24) is 9.62 Å². The fourth-order valence-electron chi connectivity index (χ4n) is 2.25. The molecule has 0 saturated carbocycles. The van der Waals surface area contributed by atoms with Gasteiger partial charge in [0.15, 0.2) is 0 Å². The van der Waals surface area contributed by atoms with E-state index in [-0.39, 0.29) is 25.9 Å². The van der Waals surface area contributed by atoms with Crippen LogP contribution in [0.2, 0.25) is 0 Å². The van der Waals surface area contributed by atoms with Gasteiger partial charge in [0.2, 0.25) is 0 Å². The predicted molar refractivity (Wildman–Crippen MR) is 157 cm³/mol. The Morgan fingerprint density at radius 3 is 1.16 bits per heavy atom. The van der Waals surface area contributed by atoms with Crippen LogP contribution in [0.5, 0.6) is 0 Å². The topological polar surface area (TPSA) is 181 Å². The van der Waals surface area contributed by atoms with E-state index in [1.54, 1.807) is 27.7 Å². The monoisotopic (exact) mass is 695 g/mol. The standard InChI is InChI=1S/C6H15ClNO5PS.C6H16NO3P.C6H15N.Cl2O2S/c1-3-12-14(9,13-4-2)6-5-8-15(7,10)11;1-3-9-11(8,6-5-7)10-4-2;1-4-7(5-2)6-3;1-5(2,3)4/h8H,3-6H2,1-2H3;3-7H2,1-2H3;4-6H2,1-3H3;. The van der Waals surface area contributed by atoms with Crippen LogP contribution in [0.4, 0.5) is 0 Å². The van der Waals surface area contributed by atoms with Crippen LogP contribution in [-0.2, 0) is 44.7 Å².